The van der Waals surface area contributed by atoms with Crippen molar-refractivity contribution >= 4 is 5.91 Å². The molecular weight excluding hydrogens is 250 g/mol. The van der Waals surface area contributed by atoms with Gasteiger partial charge in [-0.2, -0.15) is 0 Å². The molecule has 0 aliphatic heterocycles. The Morgan fingerprint density at radius 2 is 2.00 bits per heavy atom. The molecular formula is C17H27NO2. The maximum absolute atomic E-state index is 11.8. The molecule has 3 heteroatoms. The van der Waals surface area contributed by atoms with E-state index in [4.69, 9.17) is 0 Å². The normalized spacial score (nSPS) is 15.4. The van der Waals surface area contributed by atoms with Crippen molar-refractivity contribution in [2.24, 2.45) is 5.92 Å². The lowest BCUT2D eigenvalue weighted by Gasteiger charge is -2.29. The Labute approximate surface area is 122 Å². The van der Waals surface area contributed by atoms with Crippen molar-refractivity contribution in [3.63, 3.8) is 0 Å². The first-order valence-corrected chi connectivity index (χ1v) is 7.48. The minimum atomic E-state index is -0.830. The predicted octanol–water partition coefficient (Wildman–Crippen LogP) is 2.92. The molecule has 20 heavy (non-hydrogen) atoms. The van der Waals surface area contributed by atoms with Crippen molar-refractivity contribution in [2.45, 2.75) is 52.1 Å². The number of amides is 1. The molecule has 0 saturated carbocycles. The fourth-order valence-corrected chi connectivity index (χ4v) is 2.08. The average Bonchev–Trinajstić information content (AvgIpc) is 2.45. The van der Waals surface area contributed by atoms with Crippen LogP contribution < -0.4 is 5.32 Å². The number of hydrogen-bond donors (Lipinski definition) is 2. The van der Waals surface area contributed by atoms with Crippen molar-refractivity contribution < 1.29 is 9.90 Å². The predicted molar refractivity (Wildman–Crippen MR) is 82.5 cm³/mol. The number of aliphatic hydroxyl groups is 1. The summed E-state index contributed by atoms with van der Waals surface area (Å²) in [5, 5.41) is 13.1. The first-order chi connectivity index (χ1) is 9.45. The van der Waals surface area contributed by atoms with Crippen molar-refractivity contribution in [1.29, 1.82) is 0 Å². The van der Waals surface area contributed by atoms with Gasteiger partial charge in [0.2, 0.25) is 5.91 Å². The molecule has 1 aromatic carbocycles. The highest BCUT2D eigenvalue weighted by atomic mass is 16.3. The molecule has 2 unspecified atom stereocenters. The molecule has 1 amide bonds. The van der Waals surface area contributed by atoms with Crippen LogP contribution in [-0.2, 0) is 11.2 Å². The topological polar surface area (TPSA) is 49.3 Å². The summed E-state index contributed by atoms with van der Waals surface area (Å²) in [6.45, 7) is 6.15. The van der Waals surface area contributed by atoms with Gasteiger partial charge in [-0.1, -0.05) is 50.6 Å². The molecule has 112 valence electrons. The highest BCUT2D eigenvalue weighted by Crippen LogP contribution is 2.18. The third-order valence-electron chi connectivity index (χ3n) is 4.03. The third kappa shape index (κ3) is 5.74. The number of hydrogen-bond acceptors (Lipinski definition) is 2. The van der Waals surface area contributed by atoms with E-state index in [9.17, 15) is 9.90 Å². The van der Waals surface area contributed by atoms with Gasteiger partial charge >= 0.3 is 0 Å². The second kappa shape index (κ2) is 8.05. The number of benzene rings is 1. The summed E-state index contributed by atoms with van der Waals surface area (Å²) in [4.78, 5) is 11.8. The minimum Gasteiger partial charge on any atom is -0.388 e. The quantitative estimate of drug-likeness (QED) is 0.767. The van der Waals surface area contributed by atoms with Crippen molar-refractivity contribution in [1.82, 2.24) is 5.32 Å². The molecule has 1 aromatic rings. The van der Waals surface area contributed by atoms with E-state index >= 15 is 0 Å². The molecule has 0 aliphatic rings. The summed E-state index contributed by atoms with van der Waals surface area (Å²) < 4.78 is 0. The first-order valence-electron chi connectivity index (χ1n) is 7.48. The summed E-state index contributed by atoms with van der Waals surface area (Å²) in [5.74, 6) is 0.191. The lowest BCUT2D eigenvalue weighted by atomic mass is 9.88. The Morgan fingerprint density at radius 3 is 2.60 bits per heavy atom. The van der Waals surface area contributed by atoms with Crippen LogP contribution in [0.25, 0.3) is 0 Å². The van der Waals surface area contributed by atoms with Gasteiger partial charge in [0.15, 0.2) is 0 Å². The number of rotatable bonds is 8. The maximum atomic E-state index is 11.8. The molecule has 0 heterocycles. The Bertz CT molecular complexity index is 401. The number of carbonyl (C=O) groups is 1. The van der Waals surface area contributed by atoms with Crippen LogP contribution in [0.1, 0.15) is 45.6 Å². The third-order valence-corrected chi connectivity index (χ3v) is 4.03. The van der Waals surface area contributed by atoms with Crippen molar-refractivity contribution in [3.05, 3.63) is 35.9 Å². The van der Waals surface area contributed by atoms with Gasteiger partial charge in [0, 0.05) is 13.0 Å². The molecule has 0 saturated heterocycles. The van der Waals surface area contributed by atoms with Crippen LogP contribution in [0.15, 0.2) is 30.3 Å². The minimum absolute atomic E-state index is 0.0181. The summed E-state index contributed by atoms with van der Waals surface area (Å²) in [5.41, 5.74) is 0.427. The molecule has 0 bridgehead atoms. The molecule has 0 aromatic heterocycles. The maximum Gasteiger partial charge on any atom is 0.220 e. The van der Waals surface area contributed by atoms with Gasteiger partial charge in [-0.15, -0.1) is 0 Å². The lowest BCUT2D eigenvalue weighted by molar-refractivity contribution is -0.122. The second-order valence-electron chi connectivity index (χ2n) is 5.78. The monoisotopic (exact) mass is 277 g/mol. The van der Waals surface area contributed by atoms with Gasteiger partial charge in [0.05, 0.1) is 5.60 Å². The Morgan fingerprint density at radius 1 is 1.35 bits per heavy atom. The Kier molecular flexibility index (Phi) is 6.73. The highest BCUT2D eigenvalue weighted by molar-refractivity contribution is 5.75. The second-order valence-corrected chi connectivity index (χ2v) is 5.78. The SMILES string of the molecule is CCC(C)C(C)(O)CNC(=O)CCCc1ccccc1. The van der Waals surface area contributed by atoms with Crippen LogP contribution in [0.5, 0.6) is 0 Å². The standard InChI is InChI=1S/C17H27NO2/c1-4-14(2)17(3,20)13-18-16(19)12-8-11-15-9-6-5-7-10-15/h5-7,9-10,14,20H,4,8,11-13H2,1-3H3,(H,18,19). The summed E-state index contributed by atoms with van der Waals surface area (Å²) in [7, 11) is 0. The van der Waals surface area contributed by atoms with E-state index in [0.717, 1.165) is 19.3 Å². The van der Waals surface area contributed by atoms with Crippen molar-refractivity contribution in [3.8, 4) is 0 Å². The number of carbonyl (C=O) groups excluding carboxylic acids is 1. The Balaban J connectivity index is 2.24. The Hall–Kier alpha value is -1.35. The first kappa shape index (κ1) is 16.7. The average molecular weight is 277 g/mol. The molecule has 3 nitrogen and oxygen atoms in total. The summed E-state index contributed by atoms with van der Waals surface area (Å²) in [6, 6.07) is 10.2. The summed E-state index contributed by atoms with van der Waals surface area (Å²) >= 11 is 0. The van der Waals surface area contributed by atoms with Crippen LogP contribution in [0, 0.1) is 5.92 Å². The van der Waals surface area contributed by atoms with E-state index in [1.807, 2.05) is 32.0 Å². The van der Waals surface area contributed by atoms with E-state index in [1.165, 1.54) is 5.56 Å². The van der Waals surface area contributed by atoms with Gasteiger partial charge in [-0.25, -0.2) is 0 Å². The molecule has 2 atom stereocenters. The summed E-state index contributed by atoms with van der Waals surface area (Å²) in [6.07, 6.45) is 3.15. The van der Waals surface area contributed by atoms with E-state index in [0.29, 0.717) is 13.0 Å². The lowest BCUT2D eigenvalue weighted by Crippen LogP contribution is -2.45. The van der Waals surface area contributed by atoms with Crippen LogP contribution in [0.4, 0.5) is 0 Å². The molecule has 1 rings (SSSR count). The van der Waals surface area contributed by atoms with Crippen LogP contribution in [0.2, 0.25) is 0 Å². The number of aryl methyl sites for hydroxylation is 1. The number of nitrogens with one attached hydrogen (secondary N) is 1. The molecule has 2 N–H and O–H groups in total. The van der Waals surface area contributed by atoms with Gasteiger partial charge in [0.25, 0.3) is 0 Å². The van der Waals surface area contributed by atoms with E-state index in [1.54, 1.807) is 6.92 Å². The van der Waals surface area contributed by atoms with Crippen molar-refractivity contribution in [2.75, 3.05) is 6.54 Å². The smallest absolute Gasteiger partial charge is 0.220 e. The van der Waals surface area contributed by atoms with Crippen LogP contribution >= 0.6 is 0 Å². The molecule has 0 spiro atoms. The van der Waals surface area contributed by atoms with Crippen LogP contribution in [-0.4, -0.2) is 23.2 Å². The zero-order chi connectivity index (χ0) is 15.0. The fourth-order valence-electron chi connectivity index (χ4n) is 2.08. The van der Waals surface area contributed by atoms with Gasteiger partial charge in [0.1, 0.15) is 0 Å². The van der Waals surface area contributed by atoms with Gasteiger partial charge < -0.3 is 10.4 Å². The zero-order valence-corrected chi connectivity index (χ0v) is 12.9. The molecule has 0 radical (unpaired) electrons. The van der Waals surface area contributed by atoms with E-state index in [-0.39, 0.29) is 11.8 Å². The molecule has 0 aliphatic carbocycles. The largest absolute Gasteiger partial charge is 0.388 e. The van der Waals surface area contributed by atoms with Gasteiger partial charge in [-0.3, -0.25) is 4.79 Å². The zero-order valence-electron chi connectivity index (χ0n) is 12.9. The fraction of sp³-hybridized carbons (Fsp3) is 0.588. The van der Waals surface area contributed by atoms with Crippen LogP contribution in [0.3, 0.4) is 0 Å². The van der Waals surface area contributed by atoms with Gasteiger partial charge in [-0.05, 0) is 31.2 Å². The molecule has 0 fully saturated rings. The van der Waals surface area contributed by atoms with E-state index in [2.05, 4.69) is 17.4 Å². The van der Waals surface area contributed by atoms with E-state index < -0.39 is 5.60 Å². The highest BCUT2D eigenvalue weighted by Gasteiger charge is 2.27.